The van der Waals surface area contributed by atoms with Crippen LogP contribution in [0.4, 0.5) is 0 Å². The third-order valence-corrected chi connectivity index (χ3v) is 4.55. The molecule has 0 atom stereocenters. The molecule has 0 aliphatic carbocycles. The molecule has 0 bridgehead atoms. The Morgan fingerprint density at radius 3 is 2.09 bits per heavy atom. The van der Waals surface area contributed by atoms with Gasteiger partial charge in [-0.05, 0) is 4.90 Å². The van der Waals surface area contributed by atoms with Crippen molar-refractivity contribution in [2.45, 2.75) is 69.6 Å². The van der Waals surface area contributed by atoms with E-state index in [1.54, 1.807) is 18.2 Å². The minimum absolute atomic E-state index is 0. The van der Waals surface area contributed by atoms with E-state index in [9.17, 15) is 8.42 Å². The molecule has 0 saturated carbocycles. The fourth-order valence-corrected chi connectivity index (χ4v) is 3.12. The van der Waals surface area contributed by atoms with Gasteiger partial charge < -0.3 is 0 Å². The van der Waals surface area contributed by atoms with Crippen molar-refractivity contribution in [2.24, 2.45) is 0 Å². The summed E-state index contributed by atoms with van der Waals surface area (Å²) in [5, 5.41) is 0. The molecule has 1 N–H and O–H groups in total. The summed E-state index contributed by atoms with van der Waals surface area (Å²) in [6, 6.07) is 6.58. The summed E-state index contributed by atoms with van der Waals surface area (Å²) in [6.07, 6.45) is 12.8. The van der Waals surface area contributed by atoms with Crippen LogP contribution in [-0.2, 0) is 27.5 Å². The van der Waals surface area contributed by atoms with Gasteiger partial charge in [-0.1, -0.05) is 76.8 Å². The summed E-state index contributed by atoms with van der Waals surface area (Å²) in [4.78, 5) is 0.00423. The molecule has 0 saturated heterocycles. The van der Waals surface area contributed by atoms with Gasteiger partial charge in [0.25, 0.3) is 0 Å². The average Bonchev–Trinajstić information content (AvgIpc) is 2.45. The second kappa shape index (κ2) is 12.0. The van der Waals surface area contributed by atoms with E-state index in [1.807, 2.05) is 6.42 Å². The van der Waals surface area contributed by atoms with Crippen LogP contribution >= 0.6 is 0 Å². The SMILES string of the molecule is CCCCCCCCCC[CH-]c1ccccc1S(=O)(=O)O.[Cr]. The zero-order valence-electron chi connectivity index (χ0n) is 13.3. The van der Waals surface area contributed by atoms with Gasteiger partial charge in [-0.15, -0.1) is 6.07 Å². The molecule has 0 heterocycles. The summed E-state index contributed by atoms with van der Waals surface area (Å²) in [6.45, 7) is 2.22. The number of benzene rings is 1. The van der Waals surface area contributed by atoms with Crippen LogP contribution in [0.1, 0.15) is 70.3 Å². The molecule has 0 amide bonds. The van der Waals surface area contributed by atoms with Gasteiger partial charge in [-0.2, -0.15) is 18.1 Å². The van der Waals surface area contributed by atoms with Crippen LogP contribution in [0.2, 0.25) is 0 Å². The Morgan fingerprint density at radius 1 is 0.955 bits per heavy atom. The van der Waals surface area contributed by atoms with Crippen molar-refractivity contribution >= 4 is 10.1 Å². The topological polar surface area (TPSA) is 54.4 Å². The Bertz CT molecular complexity index is 500. The largest absolute Gasteiger partial charge is 0.291 e. The van der Waals surface area contributed by atoms with Crippen LogP contribution in [0.25, 0.3) is 0 Å². The molecule has 0 aromatic heterocycles. The average molecular weight is 363 g/mol. The van der Waals surface area contributed by atoms with Gasteiger partial charge in [0, 0.05) is 17.4 Å². The van der Waals surface area contributed by atoms with Gasteiger partial charge >= 0.3 is 0 Å². The van der Waals surface area contributed by atoms with E-state index in [2.05, 4.69) is 6.92 Å². The minimum atomic E-state index is -4.12. The molecule has 0 spiro atoms. The Balaban J connectivity index is 0.00000441. The smallest absolute Gasteiger partial charge is 0.247 e. The second-order valence-electron chi connectivity index (χ2n) is 5.48. The Morgan fingerprint density at radius 2 is 1.50 bits per heavy atom. The maximum Gasteiger partial charge on any atom is 0.247 e. The number of hydrogen-bond donors (Lipinski definition) is 1. The van der Waals surface area contributed by atoms with Crippen molar-refractivity contribution in [3.8, 4) is 0 Å². The van der Waals surface area contributed by atoms with E-state index >= 15 is 0 Å². The van der Waals surface area contributed by atoms with Crippen LogP contribution in [0.15, 0.2) is 29.2 Å². The summed E-state index contributed by atoms with van der Waals surface area (Å²) in [7, 11) is -4.12. The second-order valence-corrected chi connectivity index (χ2v) is 6.87. The Labute approximate surface area is 146 Å². The number of hydrogen-bond acceptors (Lipinski definition) is 2. The van der Waals surface area contributed by atoms with Crippen molar-refractivity contribution in [1.82, 2.24) is 0 Å². The first kappa shape index (κ1) is 21.5. The van der Waals surface area contributed by atoms with E-state index in [0.29, 0.717) is 5.56 Å². The molecule has 0 fully saturated rings. The van der Waals surface area contributed by atoms with Crippen molar-refractivity contribution in [2.75, 3.05) is 0 Å². The van der Waals surface area contributed by atoms with Gasteiger partial charge in [-0.25, -0.2) is 8.42 Å². The molecule has 3 nitrogen and oxygen atoms in total. The first-order valence-electron chi connectivity index (χ1n) is 7.95. The van der Waals surface area contributed by atoms with Gasteiger partial charge in [-0.3, -0.25) is 4.55 Å². The molecule has 0 aliphatic heterocycles. The number of unbranched alkanes of at least 4 members (excludes halogenated alkanes) is 8. The monoisotopic (exact) mass is 363 g/mol. The first-order valence-corrected chi connectivity index (χ1v) is 9.39. The maximum absolute atomic E-state index is 11.2. The van der Waals surface area contributed by atoms with Crippen LogP contribution in [0.5, 0.6) is 0 Å². The van der Waals surface area contributed by atoms with Gasteiger partial charge in [0.05, 0.1) is 0 Å². The van der Waals surface area contributed by atoms with Crippen molar-refractivity contribution in [3.05, 3.63) is 36.2 Å². The Hall–Kier alpha value is -0.468. The van der Waals surface area contributed by atoms with E-state index < -0.39 is 10.1 Å². The fraction of sp³-hybridized carbons (Fsp3) is 0.588. The summed E-state index contributed by atoms with van der Waals surface area (Å²) < 4.78 is 31.7. The summed E-state index contributed by atoms with van der Waals surface area (Å²) >= 11 is 0. The van der Waals surface area contributed by atoms with E-state index in [-0.39, 0.29) is 22.3 Å². The standard InChI is InChI=1S/C17H27O3S.Cr/c1-2-3-4-5-6-7-8-9-10-13-16-14-11-12-15-17(16)21(18,19)20;/h11-15H,2-10H2,1H3,(H,18,19,20);/q-1;. The molecule has 1 aromatic rings. The van der Waals surface area contributed by atoms with E-state index in [1.165, 1.54) is 51.0 Å². The summed E-state index contributed by atoms with van der Waals surface area (Å²) in [5.74, 6) is 0. The molecular formula is C17H27CrO3S-. The molecule has 0 radical (unpaired) electrons. The van der Waals surface area contributed by atoms with Crippen LogP contribution in [-0.4, -0.2) is 13.0 Å². The molecule has 5 heteroatoms. The molecule has 1 aromatic carbocycles. The van der Waals surface area contributed by atoms with Gasteiger partial charge in [0.2, 0.25) is 10.1 Å². The van der Waals surface area contributed by atoms with Crippen LogP contribution in [0.3, 0.4) is 0 Å². The zero-order chi connectivity index (χ0) is 15.6. The Kier molecular flexibility index (Phi) is 11.8. The minimum Gasteiger partial charge on any atom is -0.291 e. The van der Waals surface area contributed by atoms with Crippen molar-refractivity contribution in [3.63, 3.8) is 0 Å². The molecular weight excluding hydrogens is 336 g/mol. The van der Waals surface area contributed by atoms with Crippen LogP contribution in [0, 0.1) is 6.42 Å². The third kappa shape index (κ3) is 8.85. The molecule has 1 rings (SSSR count). The maximum atomic E-state index is 11.2. The molecule has 0 aliphatic rings. The van der Waals surface area contributed by atoms with Gasteiger partial charge in [0.15, 0.2) is 0 Å². The predicted molar refractivity (Wildman–Crippen MR) is 86.9 cm³/mol. The number of rotatable bonds is 11. The molecule has 126 valence electrons. The molecule has 0 unspecified atom stereocenters. The fourth-order valence-electron chi connectivity index (χ4n) is 2.42. The molecule has 22 heavy (non-hydrogen) atoms. The van der Waals surface area contributed by atoms with E-state index in [4.69, 9.17) is 4.55 Å². The first-order chi connectivity index (χ1) is 10.1. The predicted octanol–water partition coefficient (Wildman–Crippen LogP) is 5.01. The van der Waals surface area contributed by atoms with Crippen LogP contribution < -0.4 is 0 Å². The van der Waals surface area contributed by atoms with Crippen molar-refractivity contribution in [1.29, 1.82) is 0 Å². The normalized spacial score (nSPS) is 11.0. The zero-order valence-corrected chi connectivity index (χ0v) is 15.4. The van der Waals surface area contributed by atoms with E-state index in [0.717, 1.165) is 12.8 Å². The van der Waals surface area contributed by atoms with Gasteiger partial charge in [0.1, 0.15) is 0 Å². The third-order valence-electron chi connectivity index (χ3n) is 3.62. The van der Waals surface area contributed by atoms with Crippen molar-refractivity contribution < 1.29 is 30.3 Å². The quantitative estimate of drug-likeness (QED) is 0.341. The summed E-state index contributed by atoms with van der Waals surface area (Å²) in [5.41, 5.74) is 0.600.